The number of nitrogens with zero attached hydrogens (tertiary/aromatic N) is 2. The van der Waals surface area contributed by atoms with Crippen molar-refractivity contribution in [2.75, 3.05) is 0 Å². The van der Waals surface area contributed by atoms with E-state index in [0.717, 1.165) is 22.5 Å². The van der Waals surface area contributed by atoms with Crippen LogP contribution in [0.3, 0.4) is 0 Å². The molecule has 0 spiro atoms. The molecule has 0 amide bonds. The zero-order valence-corrected chi connectivity index (χ0v) is 11.7. The van der Waals surface area contributed by atoms with Crippen molar-refractivity contribution in [2.24, 2.45) is 17.8 Å². The summed E-state index contributed by atoms with van der Waals surface area (Å²) in [5, 5.41) is 4.52. The molecule has 3 N–H and O–H groups in total. The number of allylic oxidation sites excluding steroid dienone is 1. The lowest BCUT2D eigenvalue weighted by atomic mass is 9.90. The number of aromatic nitrogens is 1. The molecule has 1 aromatic carbocycles. The minimum Gasteiger partial charge on any atom is -0.399 e. The van der Waals surface area contributed by atoms with Gasteiger partial charge in [-0.2, -0.15) is 0 Å². The van der Waals surface area contributed by atoms with Gasteiger partial charge >= 0.3 is 0 Å². The van der Waals surface area contributed by atoms with E-state index in [2.05, 4.69) is 52.4 Å². The molecule has 4 rings (SSSR count). The summed E-state index contributed by atoms with van der Waals surface area (Å²) in [6.45, 7) is 0. The van der Waals surface area contributed by atoms with Crippen LogP contribution in [0.2, 0.25) is 0 Å². The molecule has 2 aliphatic rings. The first-order valence-electron chi connectivity index (χ1n) is 6.96. The summed E-state index contributed by atoms with van der Waals surface area (Å²) >= 11 is 0. The molecule has 104 valence electrons. The predicted octanol–water partition coefficient (Wildman–Crippen LogP) is 2.30. The number of aryl methyl sites for hydroxylation is 1. The largest absolute Gasteiger partial charge is 0.399 e. The second-order valence-corrected chi connectivity index (χ2v) is 5.40. The summed E-state index contributed by atoms with van der Waals surface area (Å²) < 4.78 is 2.12. The standard InChI is InChI=1S/C17H16N4/c1-21-7-4-11-2-3-12(8-16(11)21)14-9-13(18)10-15-17(14)20-6-5-19-15/h2-10,15,19H,18H2,1H3. The third-order valence-corrected chi connectivity index (χ3v) is 4.00. The van der Waals surface area contributed by atoms with Crippen LogP contribution in [-0.4, -0.2) is 16.3 Å². The molecule has 2 heterocycles. The third-order valence-electron chi connectivity index (χ3n) is 4.00. The summed E-state index contributed by atoms with van der Waals surface area (Å²) in [7, 11) is 2.06. The Kier molecular flexibility index (Phi) is 2.51. The third kappa shape index (κ3) is 1.88. The fraction of sp³-hybridized carbons (Fsp3) is 0.118. The van der Waals surface area contributed by atoms with E-state index in [0.29, 0.717) is 0 Å². The number of fused-ring (bicyclic) bond motifs is 2. The van der Waals surface area contributed by atoms with Crippen LogP contribution in [0.25, 0.3) is 16.5 Å². The summed E-state index contributed by atoms with van der Waals surface area (Å²) in [6.07, 6.45) is 9.70. The molecule has 0 radical (unpaired) electrons. The minimum atomic E-state index is 0.0547. The number of nitrogens with one attached hydrogen (secondary N) is 1. The molecule has 1 unspecified atom stereocenters. The van der Waals surface area contributed by atoms with Crippen molar-refractivity contribution < 1.29 is 0 Å². The van der Waals surface area contributed by atoms with Gasteiger partial charge in [-0.05, 0) is 35.2 Å². The highest BCUT2D eigenvalue weighted by molar-refractivity contribution is 6.29. The fourth-order valence-corrected chi connectivity index (χ4v) is 2.93. The van der Waals surface area contributed by atoms with Crippen LogP contribution in [0.15, 0.2) is 65.7 Å². The van der Waals surface area contributed by atoms with Gasteiger partial charge in [-0.25, -0.2) is 0 Å². The lowest BCUT2D eigenvalue weighted by Gasteiger charge is -2.25. The van der Waals surface area contributed by atoms with Crippen LogP contribution in [-0.2, 0) is 7.05 Å². The van der Waals surface area contributed by atoms with Gasteiger partial charge in [0, 0.05) is 42.4 Å². The first-order chi connectivity index (χ1) is 10.2. The van der Waals surface area contributed by atoms with E-state index in [9.17, 15) is 0 Å². The SMILES string of the molecule is Cn1ccc2ccc(C3=CC(N)=CC4NC=CN=C34)cc21. The highest BCUT2D eigenvalue weighted by Gasteiger charge is 2.23. The molecule has 0 saturated carbocycles. The van der Waals surface area contributed by atoms with Crippen LogP contribution in [0, 0.1) is 0 Å². The van der Waals surface area contributed by atoms with Crippen molar-refractivity contribution in [2.45, 2.75) is 6.04 Å². The van der Waals surface area contributed by atoms with Gasteiger partial charge in [-0.15, -0.1) is 0 Å². The topological polar surface area (TPSA) is 55.3 Å². The van der Waals surface area contributed by atoms with Crippen molar-refractivity contribution in [1.29, 1.82) is 0 Å². The van der Waals surface area contributed by atoms with E-state index in [-0.39, 0.29) is 6.04 Å². The number of hydrogen-bond donors (Lipinski definition) is 2. The second-order valence-electron chi connectivity index (χ2n) is 5.40. The smallest absolute Gasteiger partial charge is 0.0895 e. The molecule has 1 aliphatic carbocycles. The molecule has 0 fully saturated rings. The monoisotopic (exact) mass is 276 g/mol. The van der Waals surface area contributed by atoms with Crippen molar-refractivity contribution >= 4 is 22.2 Å². The van der Waals surface area contributed by atoms with E-state index >= 15 is 0 Å². The van der Waals surface area contributed by atoms with Crippen LogP contribution in [0.4, 0.5) is 0 Å². The summed E-state index contributed by atoms with van der Waals surface area (Å²) in [5.41, 5.74) is 11.3. The Morgan fingerprint density at radius 2 is 2.19 bits per heavy atom. The number of benzene rings is 1. The van der Waals surface area contributed by atoms with Crippen LogP contribution in [0.5, 0.6) is 0 Å². The van der Waals surface area contributed by atoms with Gasteiger partial charge in [0.1, 0.15) is 0 Å². The minimum absolute atomic E-state index is 0.0547. The highest BCUT2D eigenvalue weighted by atomic mass is 15.0. The molecule has 0 saturated heterocycles. The number of hydrogen-bond acceptors (Lipinski definition) is 3. The fourth-order valence-electron chi connectivity index (χ4n) is 2.93. The maximum absolute atomic E-state index is 6.05. The predicted molar refractivity (Wildman–Crippen MR) is 86.7 cm³/mol. The molecule has 0 bridgehead atoms. The van der Waals surface area contributed by atoms with E-state index in [4.69, 9.17) is 5.73 Å². The Balaban J connectivity index is 1.89. The maximum atomic E-state index is 6.05. The molecule has 1 aromatic heterocycles. The Morgan fingerprint density at radius 1 is 1.29 bits per heavy atom. The zero-order chi connectivity index (χ0) is 14.4. The Labute approximate surface area is 123 Å². The van der Waals surface area contributed by atoms with Crippen LogP contribution >= 0.6 is 0 Å². The molecular weight excluding hydrogens is 260 g/mol. The van der Waals surface area contributed by atoms with Crippen LogP contribution in [0.1, 0.15) is 5.56 Å². The quantitative estimate of drug-likeness (QED) is 0.839. The lowest BCUT2D eigenvalue weighted by Crippen LogP contribution is -2.36. The summed E-state index contributed by atoms with van der Waals surface area (Å²) in [6, 6.07) is 8.64. The van der Waals surface area contributed by atoms with Crippen molar-refractivity contribution in [1.82, 2.24) is 9.88 Å². The zero-order valence-electron chi connectivity index (χ0n) is 11.7. The van der Waals surface area contributed by atoms with Gasteiger partial charge in [0.2, 0.25) is 0 Å². The first kappa shape index (κ1) is 12.0. The average Bonchev–Trinajstić information content (AvgIpc) is 2.87. The van der Waals surface area contributed by atoms with Gasteiger partial charge in [-0.3, -0.25) is 4.99 Å². The van der Waals surface area contributed by atoms with E-state index in [1.54, 1.807) is 6.20 Å². The van der Waals surface area contributed by atoms with Gasteiger partial charge in [0.05, 0.1) is 11.8 Å². The maximum Gasteiger partial charge on any atom is 0.0895 e. The van der Waals surface area contributed by atoms with E-state index in [1.165, 1.54) is 10.9 Å². The average molecular weight is 276 g/mol. The van der Waals surface area contributed by atoms with Gasteiger partial charge in [0.25, 0.3) is 0 Å². The molecule has 21 heavy (non-hydrogen) atoms. The molecular formula is C17H16N4. The Morgan fingerprint density at radius 3 is 3.10 bits per heavy atom. The molecule has 4 nitrogen and oxygen atoms in total. The summed E-state index contributed by atoms with van der Waals surface area (Å²) in [5.74, 6) is 0. The molecule has 4 heteroatoms. The summed E-state index contributed by atoms with van der Waals surface area (Å²) in [4.78, 5) is 4.53. The number of nitrogens with two attached hydrogens (primary N) is 1. The van der Waals surface area contributed by atoms with Crippen molar-refractivity contribution in [3.63, 3.8) is 0 Å². The van der Waals surface area contributed by atoms with E-state index < -0.39 is 0 Å². The number of rotatable bonds is 1. The van der Waals surface area contributed by atoms with E-state index in [1.807, 2.05) is 18.4 Å². The molecule has 1 aliphatic heterocycles. The van der Waals surface area contributed by atoms with Gasteiger partial charge < -0.3 is 15.6 Å². The van der Waals surface area contributed by atoms with Crippen molar-refractivity contribution in [3.8, 4) is 0 Å². The Hall–Kier alpha value is -2.75. The second kappa shape index (κ2) is 4.38. The first-order valence-corrected chi connectivity index (χ1v) is 6.96. The highest BCUT2D eigenvalue weighted by Crippen LogP contribution is 2.28. The van der Waals surface area contributed by atoms with Crippen LogP contribution < -0.4 is 11.1 Å². The number of aliphatic imine (C=N–C) groups is 1. The molecule has 1 atom stereocenters. The lowest BCUT2D eigenvalue weighted by molar-refractivity contribution is 0.851. The van der Waals surface area contributed by atoms with Gasteiger partial charge in [0.15, 0.2) is 0 Å². The normalized spacial score (nSPS) is 20.4. The molecule has 2 aromatic rings. The van der Waals surface area contributed by atoms with Gasteiger partial charge in [-0.1, -0.05) is 12.1 Å². The Bertz CT molecular complexity index is 849. The van der Waals surface area contributed by atoms with Crippen molar-refractivity contribution in [3.05, 3.63) is 66.3 Å².